The molecule has 0 N–H and O–H groups in total. The Bertz CT molecular complexity index is 986. The Morgan fingerprint density at radius 1 is 1.29 bits per heavy atom. The van der Waals surface area contributed by atoms with E-state index in [2.05, 4.69) is 16.0 Å². The van der Waals surface area contributed by atoms with Crippen LogP contribution in [0.1, 0.15) is 4.88 Å². The summed E-state index contributed by atoms with van der Waals surface area (Å²) in [6.07, 6.45) is 3.42. The van der Waals surface area contributed by atoms with Gasteiger partial charge in [-0.1, -0.05) is 29.3 Å². The lowest BCUT2D eigenvalue weighted by Gasteiger charge is -2.05. The third kappa shape index (κ3) is 3.22. The van der Waals surface area contributed by atoms with Gasteiger partial charge < -0.3 is 4.90 Å². The van der Waals surface area contributed by atoms with Gasteiger partial charge in [0, 0.05) is 46.9 Å². The molecule has 0 atom stereocenters. The fourth-order valence-electron chi connectivity index (χ4n) is 2.22. The number of benzene rings is 1. The van der Waals surface area contributed by atoms with E-state index in [9.17, 15) is 5.26 Å². The van der Waals surface area contributed by atoms with E-state index in [1.54, 1.807) is 24.7 Å². The summed E-state index contributed by atoms with van der Waals surface area (Å²) < 4.78 is 0. The number of rotatable bonds is 3. The second kappa shape index (κ2) is 6.78. The zero-order valence-electron chi connectivity index (χ0n) is 12.9. The molecule has 0 fully saturated rings. The SMILES string of the molecule is CN(C)C=Nc1c(C#N)sc2ncc(-c3ccc(Cl)cc3Cl)cc12. The van der Waals surface area contributed by atoms with Gasteiger partial charge in [0.2, 0.25) is 0 Å². The smallest absolute Gasteiger partial charge is 0.133 e. The van der Waals surface area contributed by atoms with Gasteiger partial charge in [-0.05, 0) is 18.2 Å². The van der Waals surface area contributed by atoms with Gasteiger partial charge >= 0.3 is 0 Å². The van der Waals surface area contributed by atoms with Crippen molar-refractivity contribution >= 4 is 56.8 Å². The zero-order valence-corrected chi connectivity index (χ0v) is 15.2. The van der Waals surface area contributed by atoms with E-state index in [1.165, 1.54) is 11.3 Å². The van der Waals surface area contributed by atoms with Gasteiger partial charge in [-0.25, -0.2) is 9.98 Å². The van der Waals surface area contributed by atoms with E-state index < -0.39 is 0 Å². The van der Waals surface area contributed by atoms with Crippen LogP contribution in [0.2, 0.25) is 10.0 Å². The first-order valence-corrected chi connectivity index (χ1v) is 8.55. The molecule has 120 valence electrons. The van der Waals surface area contributed by atoms with Crippen LogP contribution in [0.25, 0.3) is 21.3 Å². The second-order valence-electron chi connectivity index (χ2n) is 5.30. The minimum absolute atomic E-state index is 0.537. The molecule has 24 heavy (non-hydrogen) atoms. The number of nitriles is 1. The van der Waals surface area contributed by atoms with Crippen LogP contribution >= 0.6 is 34.5 Å². The minimum Gasteiger partial charge on any atom is -0.369 e. The van der Waals surface area contributed by atoms with E-state index in [0.717, 1.165) is 21.3 Å². The molecule has 0 radical (unpaired) electrons. The predicted molar refractivity (Wildman–Crippen MR) is 102 cm³/mol. The number of pyridine rings is 1. The molecular formula is C17H12Cl2N4S. The van der Waals surface area contributed by atoms with Gasteiger partial charge in [0.1, 0.15) is 21.5 Å². The molecule has 4 nitrogen and oxygen atoms in total. The Morgan fingerprint density at radius 2 is 2.08 bits per heavy atom. The summed E-state index contributed by atoms with van der Waals surface area (Å²) in [5, 5.41) is 11.3. The van der Waals surface area contributed by atoms with Crippen LogP contribution in [0, 0.1) is 11.3 Å². The Kier molecular flexibility index (Phi) is 4.72. The monoisotopic (exact) mass is 374 g/mol. The molecular weight excluding hydrogens is 363 g/mol. The Balaban J connectivity index is 2.20. The summed E-state index contributed by atoms with van der Waals surface area (Å²) in [6, 6.07) is 9.48. The molecule has 0 aliphatic carbocycles. The highest BCUT2D eigenvalue weighted by Crippen LogP contribution is 2.39. The second-order valence-corrected chi connectivity index (χ2v) is 7.14. The fraction of sp³-hybridized carbons (Fsp3) is 0.118. The highest BCUT2D eigenvalue weighted by atomic mass is 35.5. The molecule has 3 rings (SSSR count). The normalized spacial score (nSPS) is 11.1. The van der Waals surface area contributed by atoms with Crippen LogP contribution in [-0.4, -0.2) is 30.3 Å². The van der Waals surface area contributed by atoms with E-state index in [-0.39, 0.29) is 0 Å². The lowest BCUT2D eigenvalue weighted by atomic mass is 10.1. The van der Waals surface area contributed by atoms with Crippen molar-refractivity contribution in [1.29, 1.82) is 5.26 Å². The van der Waals surface area contributed by atoms with Crippen molar-refractivity contribution in [3.05, 3.63) is 45.4 Å². The van der Waals surface area contributed by atoms with Crippen molar-refractivity contribution < 1.29 is 0 Å². The lowest BCUT2D eigenvalue weighted by molar-refractivity contribution is 0.643. The van der Waals surface area contributed by atoms with Gasteiger partial charge in [0.25, 0.3) is 0 Å². The highest BCUT2D eigenvalue weighted by molar-refractivity contribution is 7.19. The molecule has 0 bridgehead atoms. The molecule has 7 heteroatoms. The Labute approximate surface area is 153 Å². The first-order valence-electron chi connectivity index (χ1n) is 6.98. The topological polar surface area (TPSA) is 52.3 Å². The first kappa shape index (κ1) is 16.7. The molecule has 1 aromatic carbocycles. The Hall–Kier alpha value is -2.13. The maximum absolute atomic E-state index is 9.36. The summed E-state index contributed by atoms with van der Waals surface area (Å²) >= 11 is 13.6. The van der Waals surface area contributed by atoms with Gasteiger partial charge in [0.05, 0.1) is 6.34 Å². The predicted octanol–water partition coefficient (Wildman–Crippen LogP) is 5.36. The van der Waals surface area contributed by atoms with Crippen LogP contribution in [-0.2, 0) is 0 Å². The quantitative estimate of drug-likeness (QED) is 0.457. The minimum atomic E-state index is 0.537. The van der Waals surface area contributed by atoms with Gasteiger partial charge in [-0.2, -0.15) is 5.26 Å². The zero-order chi connectivity index (χ0) is 17.3. The number of hydrogen-bond donors (Lipinski definition) is 0. The largest absolute Gasteiger partial charge is 0.369 e. The van der Waals surface area contributed by atoms with Crippen LogP contribution in [0.4, 0.5) is 5.69 Å². The molecule has 0 aliphatic heterocycles. The van der Waals surface area contributed by atoms with Crippen LogP contribution in [0.5, 0.6) is 0 Å². The van der Waals surface area contributed by atoms with E-state index in [1.807, 2.05) is 31.1 Å². The summed E-state index contributed by atoms with van der Waals surface area (Å²) in [4.78, 5) is 12.0. The summed E-state index contributed by atoms with van der Waals surface area (Å²) in [5.74, 6) is 0. The van der Waals surface area contributed by atoms with Crippen molar-refractivity contribution in [3.63, 3.8) is 0 Å². The van der Waals surface area contributed by atoms with Crippen LogP contribution in [0.3, 0.4) is 0 Å². The summed E-state index contributed by atoms with van der Waals surface area (Å²) in [5.41, 5.74) is 2.32. The molecule has 3 aromatic rings. The van der Waals surface area contributed by atoms with Gasteiger partial charge in [-0.3, -0.25) is 0 Å². The van der Waals surface area contributed by atoms with E-state index in [0.29, 0.717) is 20.6 Å². The molecule has 0 unspecified atom stereocenters. The molecule has 0 spiro atoms. The molecule has 0 saturated heterocycles. The third-order valence-electron chi connectivity index (χ3n) is 3.28. The van der Waals surface area contributed by atoms with Crippen molar-refractivity contribution in [2.24, 2.45) is 4.99 Å². The van der Waals surface area contributed by atoms with Crippen LogP contribution in [0.15, 0.2) is 35.5 Å². The fourth-order valence-corrected chi connectivity index (χ4v) is 3.61. The lowest BCUT2D eigenvalue weighted by Crippen LogP contribution is -2.06. The molecule has 0 saturated carbocycles. The molecule has 2 heterocycles. The number of fused-ring (bicyclic) bond motifs is 1. The van der Waals surface area contributed by atoms with Crippen molar-refractivity contribution in [3.8, 4) is 17.2 Å². The molecule has 0 amide bonds. The number of hydrogen-bond acceptors (Lipinski definition) is 4. The maximum Gasteiger partial charge on any atom is 0.133 e. The van der Waals surface area contributed by atoms with Gasteiger partial charge in [-0.15, -0.1) is 11.3 Å². The standard InChI is InChI=1S/C17H12Cl2N4S/c1-23(2)9-22-16-13-5-10(8-21-17(13)24-15(16)7-20)12-4-3-11(18)6-14(12)19/h3-6,8-9H,1-2H3. The number of halogens is 2. The molecule has 2 aromatic heterocycles. The number of thiophene rings is 1. The van der Waals surface area contributed by atoms with E-state index in [4.69, 9.17) is 23.2 Å². The van der Waals surface area contributed by atoms with Crippen LogP contribution < -0.4 is 0 Å². The van der Waals surface area contributed by atoms with Crippen molar-refractivity contribution in [1.82, 2.24) is 9.88 Å². The van der Waals surface area contributed by atoms with Gasteiger partial charge in [0.15, 0.2) is 0 Å². The number of aromatic nitrogens is 1. The Morgan fingerprint density at radius 3 is 2.75 bits per heavy atom. The highest BCUT2D eigenvalue weighted by Gasteiger charge is 2.14. The van der Waals surface area contributed by atoms with E-state index >= 15 is 0 Å². The molecule has 0 aliphatic rings. The summed E-state index contributed by atoms with van der Waals surface area (Å²) in [6.45, 7) is 0. The average molecular weight is 375 g/mol. The van der Waals surface area contributed by atoms with Crippen molar-refractivity contribution in [2.45, 2.75) is 0 Å². The van der Waals surface area contributed by atoms with Crippen molar-refractivity contribution in [2.75, 3.05) is 14.1 Å². The summed E-state index contributed by atoms with van der Waals surface area (Å²) in [7, 11) is 3.75. The number of nitrogens with zero attached hydrogens (tertiary/aromatic N) is 4. The maximum atomic E-state index is 9.36. The third-order valence-corrected chi connectivity index (χ3v) is 4.84. The first-order chi connectivity index (χ1) is 11.5. The average Bonchev–Trinajstić information content (AvgIpc) is 2.89. The number of aliphatic imine (C=N–C) groups is 1.